The van der Waals surface area contributed by atoms with E-state index >= 15 is 0 Å². The van der Waals surface area contributed by atoms with Crippen LogP contribution in [0.3, 0.4) is 0 Å². The van der Waals surface area contributed by atoms with Crippen LogP contribution in [0.15, 0.2) is 10.5 Å². The highest BCUT2D eigenvalue weighted by Gasteiger charge is 2.16. The zero-order chi connectivity index (χ0) is 11.4. The molecule has 0 saturated carbocycles. The van der Waals surface area contributed by atoms with Gasteiger partial charge in [-0.05, 0) is 32.4 Å². The van der Waals surface area contributed by atoms with Crippen molar-refractivity contribution >= 4 is 5.97 Å². The monoisotopic (exact) mass is 211 g/mol. The van der Waals surface area contributed by atoms with E-state index < -0.39 is 6.04 Å². The Hall–Kier alpha value is -1.29. The van der Waals surface area contributed by atoms with E-state index in [0.29, 0.717) is 12.4 Å². The number of ether oxygens (including phenoxy) is 1. The smallest absolute Gasteiger partial charge is 0.307 e. The van der Waals surface area contributed by atoms with Gasteiger partial charge in [0, 0.05) is 0 Å². The van der Waals surface area contributed by atoms with Crippen LogP contribution >= 0.6 is 0 Å². The normalized spacial score (nSPS) is 12.5. The fraction of sp³-hybridized carbons (Fsp3) is 0.545. The van der Waals surface area contributed by atoms with Gasteiger partial charge in [-0.1, -0.05) is 0 Å². The van der Waals surface area contributed by atoms with Crippen LogP contribution in [0.1, 0.15) is 36.5 Å². The highest BCUT2D eigenvalue weighted by molar-refractivity contribution is 5.70. The van der Waals surface area contributed by atoms with Crippen molar-refractivity contribution in [3.63, 3.8) is 0 Å². The number of carbonyl (C=O) groups excluding carboxylic acids is 1. The van der Waals surface area contributed by atoms with Gasteiger partial charge >= 0.3 is 5.97 Å². The molecule has 0 unspecified atom stereocenters. The molecule has 0 radical (unpaired) electrons. The summed E-state index contributed by atoms with van der Waals surface area (Å²) in [5, 5.41) is 0. The van der Waals surface area contributed by atoms with E-state index in [0.717, 1.165) is 11.3 Å². The molecule has 15 heavy (non-hydrogen) atoms. The van der Waals surface area contributed by atoms with E-state index in [-0.39, 0.29) is 12.4 Å². The Bertz CT molecular complexity index is 324. The summed E-state index contributed by atoms with van der Waals surface area (Å²) >= 11 is 0. The third-order valence-electron chi connectivity index (χ3n) is 2.24. The van der Waals surface area contributed by atoms with Crippen molar-refractivity contribution < 1.29 is 13.9 Å². The van der Waals surface area contributed by atoms with Crippen molar-refractivity contribution in [2.45, 2.75) is 33.2 Å². The third kappa shape index (κ3) is 3.09. The second-order valence-electron chi connectivity index (χ2n) is 3.50. The molecule has 0 saturated heterocycles. The van der Waals surface area contributed by atoms with Crippen LogP contribution in [0, 0.1) is 13.8 Å². The first-order chi connectivity index (χ1) is 7.04. The Morgan fingerprint density at radius 3 is 2.73 bits per heavy atom. The van der Waals surface area contributed by atoms with Crippen LogP contribution in [0.25, 0.3) is 0 Å². The van der Waals surface area contributed by atoms with E-state index in [1.807, 2.05) is 19.9 Å². The third-order valence-corrected chi connectivity index (χ3v) is 2.24. The number of furan rings is 1. The van der Waals surface area contributed by atoms with Gasteiger partial charge < -0.3 is 14.9 Å². The summed E-state index contributed by atoms with van der Waals surface area (Å²) in [6.07, 6.45) is 0.153. The zero-order valence-electron chi connectivity index (χ0n) is 9.37. The number of esters is 1. The van der Waals surface area contributed by atoms with Gasteiger partial charge in [-0.3, -0.25) is 4.79 Å². The minimum atomic E-state index is -0.420. The molecule has 1 aromatic heterocycles. The standard InChI is InChI=1S/C11H17NO3/c1-4-14-11(13)6-9(12)10-5-7(2)8(3)15-10/h5,9H,4,6,12H2,1-3H3/t9-/m0/s1. The topological polar surface area (TPSA) is 65.5 Å². The fourth-order valence-corrected chi connectivity index (χ4v) is 1.28. The van der Waals surface area contributed by atoms with E-state index in [2.05, 4.69) is 0 Å². The van der Waals surface area contributed by atoms with E-state index in [4.69, 9.17) is 14.9 Å². The number of rotatable bonds is 4. The molecule has 0 amide bonds. The molecule has 0 aliphatic carbocycles. The molecule has 0 aliphatic rings. The first kappa shape index (κ1) is 11.8. The molecule has 0 bridgehead atoms. The summed E-state index contributed by atoms with van der Waals surface area (Å²) in [7, 11) is 0. The van der Waals surface area contributed by atoms with Gasteiger partial charge in [-0.2, -0.15) is 0 Å². The molecule has 1 atom stereocenters. The Kier molecular flexibility index (Phi) is 3.91. The Balaban J connectivity index is 2.60. The number of hydrogen-bond acceptors (Lipinski definition) is 4. The van der Waals surface area contributed by atoms with Crippen molar-refractivity contribution in [1.82, 2.24) is 0 Å². The molecule has 0 fully saturated rings. The summed E-state index contributed by atoms with van der Waals surface area (Å²) in [6, 6.07) is 1.44. The molecule has 1 rings (SSSR count). The molecule has 1 heterocycles. The minimum Gasteiger partial charge on any atom is -0.466 e. The SMILES string of the molecule is CCOC(=O)C[C@H](N)c1cc(C)c(C)o1. The Morgan fingerprint density at radius 1 is 1.60 bits per heavy atom. The first-order valence-electron chi connectivity index (χ1n) is 5.02. The average Bonchev–Trinajstić information content (AvgIpc) is 2.47. The molecular weight excluding hydrogens is 194 g/mol. The fourth-order valence-electron chi connectivity index (χ4n) is 1.28. The molecule has 1 aromatic rings. The molecule has 0 spiro atoms. The Morgan fingerprint density at radius 2 is 2.27 bits per heavy atom. The van der Waals surface area contributed by atoms with E-state index in [1.165, 1.54) is 0 Å². The van der Waals surface area contributed by atoms with Gasteiger partial charge in [0.15, 0.2) is 0 Å². The lowest BCUT2D eigenvalue weighted by molar-refractivity contribution is -0.143. The Labute approximate surface area is 89.4 Å². The van der Waals surface area contributed by atoms with Crippen LogP contribution in [-0.4, -0.2) is 12.6 Å². The van der Waals surface area contributed by atoms with Gasteiger partial charge in [-0.15, -0.1) is 0 Å². The largest absolute Gasteiger partial charge is 0.466 e. The number of hydrogen-bond donors (Lipinski definition) is 1. The van der Waals surface area contributed by atoms with Crippen LogP contribution in [0.2, 0.25) is 0 Å². The molecular formula is C11H17NO3. The predicted octanol–water partition coefficient (Wildman–Crippen LogP) is 1.85. The van der Waals surface area contributed by atoms with E-state index in [9.17, 15) is 4.79 Å². The van der Waals surface area contributed by atoms with Crippen molar-refractivity contribution in [1.29, 1.82) is 0 Å². The number of carbonyl (C=O) groups is 1. The molecule has 4 nitrogen and oxygen atoms in total. The van der Waals surface area contributed by atoms with Crippen molar-refractivity contribution in [3.05, 3.63) is 23.2 Å². The summed E-state index contributed by atoms with van der Waals surface area (Å²) in [4.78, 5) is 11.2. The zero-order valence-corrected chi connectivity index (χ0v) is 9.37. The molecule has 2 N–H and O–H groups in total. The number of nitrogens with two attached hydrogens (primary N) is 1. The molecule has 4 heteroatoms. The van der Waals surface area contributed by atoms with Gasteiger partial charge in [0.2, 0.25) is 0 Å². The average molecular weight is 211 g/mol. The maximum absolute atomic E-state index is 11.2. The lowest BCUT2D eigenvalue weighted by Gasteiger charge is -2.07. The number of aryl methyl sites for hydroxylation is 2. The van der Waals surface area contributed by atoms with Crippen LogP contribution < -0.4 is 5.73 Å². The maximum atomic E-state index is 11.2. The van der Waals surface area contributed by atoms with E-state index in [1.54, 1.807) is 6.92 Å². The van der Waals surface area contributed by atoms with Crippen molar-refractivity contribution in [2.24, 2.45) is 5.73 Å². The molecule has 84 valence electrons. The van der Waals surface area contributed by atoms with Crippen molar-refractivity contribution in [3.8, 4) is 0 Å². The van der Waals surface area contributed by atoms with Crippen LogP contribution in [0.5, 0.6) is 0 Å². The van der Waals surface area contributed by atoms with Gasteiger partial charge in [0.1, 0.15) is 11.5 Å². The molecule has 0 aromatic carbocycles. The van der Waals surface area contributed by atoms with Crippen LogP contribution in [-0.2, 0) is 9.53 Å². The lowest BCUT2D eigenvalue weighted by Crippen LogP contribution is -2.16. The van der Waals surface area contributed by atoms with Gasteiger partial charge in [-0.25, -0.2) is 0 Å². The summed E-state index contributed by atoms with van der Waals surface area (Å²) in [6.45, 7) is 5.96. The summed E-state index contributed by atoms with van der Waals surface area (Å²) in [5.41, 5.74) is 6.86. The summed E-state index contributed by atoms with van der Waals surface area (Å²) in [5.74, 6) is 1.18. The second-order valence-corrected chi connectivity index (χ2v) is 3.50. The second kappa shape index (κ2) is 4.98. The van der Waals surface area contributed by atoms with Crippen LogP contribution in [0.4, 0.5) is 0 Å². The summed E-state index contributed by atoms with van der Waals surface area (Å²) < 4.78 is 10.2. The first-order valence-corrected chi connectivity index (χ1v) is 5.02. The lowest BCUT2D eigenvalue weighted by atomic mass is 10.1. The quantitative estimate of drug-likeness (QED) is 0.772. The predicted molar refractivity (Wildman–Crippen MR) is 56.4 cm³/mol. The highest BCUT2D eigenvalue weighted by atomic mass is 16.5. The highest BCUT2D eigenvalue weighted by Crippen LogP contribution is 2.20. The molecule has 0 aliphatic heterocycles. The minimum absolute atomic E-state index is 0.153. The van der Waals surface area contributed by atoms with Gasteiger partial charge in [0.25, 0.3) is 0 Å². The maximum Gasteiger partial charge on any atom is 0.307 e. The van der Waals surface area contributed by atoms with Crippen molar-refractivity contribution in [2.75, 3.05) is 6.61 Å². The van der Waals surface area contributed by atoms with Gasteiger partial charge in [0.05, 0.1) is 19.1 Å².